The Hall–Kier alpha value is -4.36. The first-order chi connectivity index (χ1) is 16.0. The lowest BCUT2D eigenvalue weighted by Crippen LogP contribution is -2.13. The van der Waals surface area contributed by atoms with Gasteiger partial charge >= 0.3 is 12.4 Å². The van der Waals surface area contributed by atoms with Crippen LogP contribution in [0.2, 0.25) is 0 Å². The lowest BCUT2D eigenvalue weighted by molar-refractivity contribution is -0.141. The van der Waals surface area contributed by atoms with E-state index in [1.807, 2.05) is 0 Å². The number of pyridine rings is 3. The molecule has 0 aliphatic rings. The standard InChI is InChI=1S/C20H11F6N7O/c21-19(22,23)13-5-1-4-12(30-13)16-31-15(11-3-2-7-28-17(11)34)32-18(33-16)29-10-6-8-27-14(9-10)20(24,25)26/h1-9H,(H,28,34)(H,27,29,31,32,33). The number of aromatic nitrogens is 6. The number of aromatic amines is 1. The van der Waals surface area contributed by atoms with Crippen molar-refractivity contribution in [1.29, 1.82) is 0 Å². The van der Waals surface area contributed by atoms with Gasteiger partial charge in [-0.2, -0.15) is 36.3 Å². The van der Waals surface area contributed by atoms with E-state index in [1.54, 1.807) is 0 Å². The molecule has 2 N–H and O–H groups in total. The van der Waals surface area contributed by atoms with Crippen LogP contribution in [0.4, 0.5) is 38.0 Å². The number of rotatable bonds is 4. The van der Waals surface area contributed by atoms with Gasteiger partial charge in [0, 0.05) is 18.1 Å². The summed E-state index contributed by atoms with van der Waals surface area (Å²) >= 11 is 0. The Kier molecular flexibility index (Phi) is 5.73. The van der Waals surface area contributed by atoms with E-state index in [0.29, 0.717) is 6.07 Å². The summed E-state index contributed by atoms with van der Waals surface area (Å²) in [5, 5.41) is 2.54. The summed E-state index contributed by atoms with van der Waals surface area (Å²) in [6.07, 6.45) is -7.21. The second-order valence-corrected chi connectivity index (χ2v) is 6.68. The van der Waals surface area contributed by atoms with Gasteiger partial charge in [-0.25, -0.2) is 9.97 Å². The van der Waals surface area contributed by atoms with Crippen molar-refractivity contribution >= 4 is 11.6 Å². The molecule has 34 heavy (non-hydrogen) atoms. The molecule has 0 aliphatic carbocycles. The van der Waals surface area contributed by atoms with Crippen LogP contribution >= 0.6 is 0 Å². The van der Waals surface area contributed by atoms with Crippen molar-refractivity contribution in [3.8, 4) is 22.9 Å². The lowest BCUT2D eigenvalue weighted by Gasteiger charge is -2.11. The maximum absolute atomic E-state index is 13.1. The van der Waals surface area contributed by atoms with Crippen LogP contribution in [0.5, 0.6) is 0 Å². The molecule has 4 heterocycles. The first-order valence-corrected chi connectivity index (χ1v) is 9.30. The van der Waals surface area contributed by atoms with Crippen LogP contribution < -0.4 is 10.9 Å². The van der Waals surface area contributed by atoms with Gasteiger partial charge in [0.05, 0.1) is 5.56 Å². The van der Waals surface area contributed by atoms with Gasteiger partial charge in [0.2, 0.25) is 5.95 Å². The minimum absolute atomic E-state index is 0.0492. The van der Waals surface area contributed by atoms with Crippen molar-refractivity contribution in [2.24, 2.45) is 0 Å². The van der Waals surface area contributed by atoms with E-state index in [4.69, 9.17) is 0 Å². The highest BCUT2D eigenvalue weighted by atomic mass is 19.4. The summed E-state index contributed by atoms with van der Waals surface area (Å²) in [6, 6.07) is 7.78. The van der Waals surface area contributed by atoms with Crippen LogP contribution in [0, 0.1) is 0 Å². The average Bonchev–Trinajstić information content (AvgIpc) is 2.78. The summed E-state index contributed by atoms with van der Waals surface area (Å²) < 4.78 is 78.3. The molecule has 4 aromatic heterocycles. The number of anilines is 2. The van der Waals surface area contributed by atoms with Gasteiger partial charge in [0.1, 0.15) is 17.1 Å². The Bertz CT molecular complexity index is 1400. The Morgan fingerprint density at radius 3 is 2.24 bits per heavy atom. The topological polar surface area (TPSA) is 109 Å². The monoisotopic (exact) mass is 479 g/mol. The van der Waals surface area contributed by atoms with Crippen LogP contribution in [0.1, 0.15) is 11.4 Å². The Balaban J connectivity index is 1.84. The molecule has 174 valence electrons. The number of hydrogen-bond acceptors (Lipinski definition) is 7. The molecule has 0 bridgehead atoms. The van der Waals surface area contributed by atoms with Crippen molar-refractivity contribution < 1.29 is 26.3 Å². The maximum atomic E-state index is 13.1. The van der Waals surface area contributed by atoms with Crippen LogP contribution in [0.3, 0.4) is 0 Å². The molecule has 14 heteroatoms. The lowest BCUT2D eigenvalue weighted by atomic mass is 10.2. The predicted molar refractivity (Wildman–Crippen MR) is 107 cm³/mol. The predicted octanol–water partition coefficient (Wildman–Crippen LogP) is 4.47. The number of nitrogens with zero attached hydrogens (tertiary/aromatic N) is 5. The summed E-state index contributed by atoms with van der Waals surface area (Å²) in [5.74, 6) is -0.910. The van der Waals surface area contributed by atoms with Gasteiger partial charge in [-0.1, -0.05) is 6.07 Å². The van der Waals surface area contributed by atoms with Gasteiger partial charge in [0.25, 0.3) is 5.56 Å². The number of nitrogens with one attached hydrogen (secondary N) is 2. The van der Waals surface area contributed by atoms with Crippen LogP contribution in [-0.4, -0.2) is 29.9 Å². The van der Waals surface area contributed by atoms with E-state index in [1.165, 1.54) is 30.5 Å². The molecule has 0 fully saturated rings. The Morgan fingerprint density at radius 1 is 0.794 bits per heavy atom. The van der Waals surface area contributed by atoms with Crippen molar-refractivity contribution in [3.63, 3.8) is 0 Å². The zero-order valence-corrected chi connectivity index (χ0v) is 16.6. The molecule has 0 spiro atoms. The van der Waals surface area contributed by atoms with E-state index >= 15 is 0 Å². The largest absolute Gasteiger partial charge is 0.433 e. The van der Waals surface area contributed by atoms with Gasteiger partial charge in [-0.15, -0.1) is 0 Å². The Labute approximate surface area is 185 Å². The van der Waals surface area contributed by atoms with E-state index in [-0.39, 0.29) is 34.5 Å². The molecular weight excluding hydrogens is 468 g/mol. The van der Waals surface area contributed by atoms with E-state index in [0.717, 1.165) is 18.3 Å². The van der Waals surface area contributed by atoms with Gasteiger partial charge in [0.15, 0.2) is 11.6 Å². The molecule has 0 atom stereocenters. The third kappa shape index (κ3) is 5.00. The highest BCUT2D eigenvalue weighted by molar-refractivity contribution is 5.63. The van der Waals surface area contributed by atoms with E-state index in [9.17, 15) is 31.1 Å². The van der Waals surface area contributed by atoms with Gasteiger partial charge in [-0.05, 0) is 36.4 Å². The molecule has 0 radical (unpaired) electrons. The molecule has 4 aromatic rings. The van der Waals surface area contributed by atoms with E-state index in [2.05, 4.69) is 35.2 Å². The molecule has 0 aromatic carbocycles. The van der Waals surface area contributed by atoms with Gasteiger partial charge < -0.3 is 10.3 Å². The summed E-state index contributed by atoms with van der Waals surface area (Å²) in [7, 11) is 0. The van der Waals surface area contributed by atoms with Crippen molar-refractivity contribution in [3.05, 3.63) is 76.6 Å². The zero-order chi connectivity index (χ0) is 24.5. The molecule has 8 nitrogen and oxygen atoms in total. The number of hydrogen-bond donors (Lipinski definition) is 2. The van der Waals surface area contributed by atoms with Crippen molar-refractivity contribution in [2.45, 2.75) is 12.4 Å². The number of alkyl halides is 6. The highest BCUT2D eigenvalue weighted by Crippen LogP contribution is 2.31. The molecule has 0 aliphatic heterocycles. The van der Waals surface area contributed by atoms with Crippen molar-refractivity contribution in [2.75, 3.05) is 5.32 Å². The minimum atomic E-state index is -4.74. The van der Waals surface area contributed by atoms with Gasteiger partial charge in [-0.3, -0.25) is 9.78 Å². The second-order valence-electron chi connectivity index (χ2n) is 6.68. The highest BCUT2D eigenvalue weighted by Gasteiger charge is 2.33. The molecule has 0 saturated heterocycles. The summed E-state index contributed by atoms with van der Waals surface area (Å²) in [5.41, 5.74) is -3.45. The minimum Gasteiger partial charge on any atom is -0.328 e. The first-order valence-electron chi connectivity index (χ1n) is 9.30. The average molecular weight is 479 g/mol. The number of halogens is 6. The van der Waals surface area contributed by atoms with Crippen LogP contribution in [-0.2, 0) is 12.4 Å². The summed E-state index contributed by atoms with van der Waals surface area (Å²) in [4.78, 5) is 33.5. The second kappa shape index (κ2) is 8.53. The number of H-pyrrole nitrogens is 1. The molecule has 4 rings (SSSR count). The fourth-order valence-corrected chi connectivity index (χ4v) is 2.77. The smallest absolute Gasteiger partial charge is 0.328 e. The molecule has 0 unspecified atom stereocenters. The quantitative estimate of drug-likeness (QED) is 0.416. The SMILES string of the molecule is O=c1[nH]cccc1-c1nc(Nc2ccnc(C(F)(F)F)c2)nc(-c2cccc(C(F)(F)F)n2)n1. The first kappa shape index (κ1) is 22.8. The van der Waals surface area contributed by atoms with Crippen LogP contribution in [0.25, 0.3) is 22.9 Å². The Morgan fingerprint density at radius 2 is 1.53 bits per heavy atom. The summed E-state index contributed by atoms with van der Waals surface area (Å²) in [6.45, 7) is 0. The van der Waals surface area contributed by atoms with Crippen molar-refractivity contribution in [1.82, 2.24) is 29.9 Å². The fourth-order valence-electron chi connectivity index (χ4n) is 2.77. The normalized spacial score (nSPS) is 11.9. The fraction of sp³-hybridized carbons (Fsp3) is 0.100. The van der Waals surface area contributed by atoms with Crippen LogP contribution in [0.15, 0.2) is 59.7 Å². The van der Waals surface area contributed by atoms with E-state index < -0.39 is 29.3 Å². The molecular formula is C20H11F6N7O. The maximum Gasteiger partial charge on any atom is 0.433 e. The third-order valence-corrected chi connectivity index (χ3v) is 4.27. The molecule has 0 amide bonds. The third-order valence-electron chi connectivity index (χ3n) is 4.27. The molecule has 0 saturated carbocycles. The zero-order valence-electron chi connectivity index (χ0n) is 16.6.